The van der Waals surface area contributed by atoms with Gasteiger partial charge in [-0.25, -0.2) is 4.98 Å². The van der Waals surface area contributed by atoms with Crippen LogP contribution in [0.5, 0.6) is 0 Å². The van der Waals surface area contributed by atoms with Gasteiger partial charge in [0.05, 0.1) is 5.56 Å². The van der Waals surface area contributed by atoms with Crippen LogP contribution in [0, 0.1) is 18.3 Å². The van der Waals surface area contributed by atoms with E-state index in [1.165, 1.54) is 0 Å². The van der Waals surface area contributed by atoms with Gasteiger partial charge in [-0.2, -0.15) is 5.26 Å². The first kappa shape index (κ1) is 9.21. The normalized spacial score (nSPS) is 9.50. The number of pyridine rings is 1. The largest absolute Gasteiger partial charge is 0.245 e. The Hall–Kier alpha value is -0.880. The smallest absolute Gasteiger partial charge is 0.124 e. The second-order valence-corrected chi connectivity index (χ2v) is 3.29. The molecule has 62 valence electrons. The van der Waals surface area contributed by atoms with Crippen LogP contribution in [0.4, 0.5) is 0 Å². The van der Waals surface area contributed by atoms with Crippen LogP contribution in [-0.4, -0.2) is 4.98 Å². The van der Waals surface area contributed by atoms with E-state index in [9.17, 15) is 0 Å². The average molecular weight is 225 g/mol. The molecule has 0 unspecified atom stereocenters. The van der Waals surface area contributed by atoms with Crippen molar-refractivity contribution in [3.05, 3.63) is 27.5 Å². The molecule has 0 aliphatic rings. The van der Waals surface area contributed by atoms with Crippen molar-refractivity contribution in [1.29, 1.82) is 5.26 Å². The summed E-state index contributed by atoms with van der Waals surface area (Å²) in [6.45, 7) is 4.00. The highest BCUT2D eigenvalue weighted by Crippen LogP contribution is 2.17. The van der Waals surface area contributed by atoms with Gasteiger partial charge in [0.2, 0.25) is 0 Å². The van der Waals surface area contributed by atoms with E-state index in [0.29, 0.717) is 10.2 Å². The first-order valence-corrected chi connectivity index (χ1v) is 4.54. The number of halogens is 1. The maximum Gasteiger partial charge on any atom is 0.124 e. The number of nitrogens with zero attached hydrogens (tertiary/aromatic N) is 2. The van der Waals surface area contributed by atoms with Crippen LogP contribution in [0.3, 0.4) is 0 Å². The number of aromatic nitrogens is 1. The molecule has 0 saturated heterocycles. The third-order valence-electron chi connectivity index (χ3n) is 1.77. The molecule has 0 aliphatic carbocycles. The molecule has 0 N–H and O–H groups in total. The Labute approximate surface area is 80.4 Å². The molecular weight excluding hydrogens is 216 g/mol. The van der Waals surface area contributed by atoms with Crippen LogP contribution >= 0.6 is 15.9 Å². The molecule has 0 atom stereocenters. The first-order chi connectivity index (χ1) is 5.69. The van der Waals surface area contributed by atoms with Gasteiger partial charge in [-0.1, -0.05) is 6.92 Å². The maximum atomic E-state index is 8.71. The van der Waals surface area contributed by atoms with Gasteiger partial charge in [-0.05, 0) is 40.9 Å². The molecule has 0 radical (unpaired) electrons. The predicted molar refractivity (Wildman–Crippen MR) is 50.8 cm³/mol. The van der Waals surface area contributed by atoms with E-state index in [1.807, 2.05) is 13.0 Å². The van der Waals surface area contributed by atoms with Crippen LogP contribution in [0.1, 0.15) is 23.7 Å². The second-order valence-electron chi connectivity index (χ2n) is 2.54. The highest BCUT2D eigenvalue weighted by molar-refractivity contribution is 9.10. The summed E-state index contributed by atoms with van der Waals surface area (Å²) in [6.07, 6.45) is 0.917. The second kappa shape index (κ2) is 3.68. The zero-order chi connectivity index (χ0) is 9.14. The van der Waals surface area contributed by atoms with E-state index in [2.05, 4.69) is 33.9 Å². The molecule has 0 aromatic carbocycles. The zero-order valence-electron chi connectivity index (χ0n) is 7.06. The fourth-order valence-electron chi connectivity index (χ4n) is 1.05. The third kappa shape index (κ3) is 1.64. The standard InChI is InChI=1S/C9H9BrN2/c1-3-7-4-8(5-11)9(10)12-6(7)2/h4H,3H2,1-2H3. The van der Waals surface area contributed by atoms with Crippen molar-refractivity contribution in [3.8, 4) is 6.07 Å². The number of hydrogen-bond acceptors (Lipinski definition) is 2. The fourth-order valence-corrected chi connectivity index (χ4v) is 1.52. The molecule has 3 heteroatoms. The predicted octanol–water partition coefficient (Wildman–Crippen LogP) is 2.59. The van der Waals surface area contributed by atoms with E-state index in [0.717, 1.165) is 17.7 Å². The van der Waals surface area contributed by atoms with Crippen LogP contribution < -0.4 is 0 Å². The molecule has 0 saturated carbocycles. The third-order valence-corrected chi connectivity index (χ3v) is 2.38. The van der Waals surface area contributed by atoms with Crippen molar-refractivity contribution in [3.63, 3.8) is 0 Å². The summed E-state index contributed by atoms with van der Waals surface area (Å²) >= 11 is 3.24. The van der Waals surface area contributed by atoms with E-state index in [1.54, 1.807) is 0 Å². The highest BCUT2D eigenvalue weighted by atomic mass is 79.9. The lowest BCUT2D eigenvalue weighted by Gasteiger charge is -2.03. The molecule has 0 fully saturated rings. The summed E-state index contributed by atoms with van der Waals surface area (Å²) in [5.41, 5.74) is 2.73. The molecule has 1 heterocycles. The molecule has 1 aromatic rings. The Morgan fingerprint density at radius 2 is 2.33 bits per heavy atom. The minimum Gasteiger partial charge on any atom is -0.245 e. The summed E-state index contributed by atoms with van der Waals surface area (Å²) in [5, 5.41) is 8.71. The SMILES string of the molecule is CCc1cc(C#N)c(Br)nc1C. The molecule has 1 aromatic heterocycles. The molecule has 0 aliphatic heterocycles. The van der Waals surface area contributed by atoms with E-state index >= 15 is 0 Å². The quantitative estimate of drug-likeness (QED) is 0.688. The van der Waals surface area contributed by atoms with Gasteiger partial charge >= 0.3 is 0 Å². The van der Waals surface area contributed by atoms with Gasteiger partial charge in [-0.15, -0.1) is 0 Å². The van der Waals surface area contributed by atoms with E-state index < -0.39 is 0 Å². The van der Waals surface area contributed by atoms with Gasteiger partial charge in [0, 0.05) is 5.69 Å². The minimum atomic E-state index is 0.609. The lowest BCUT2D eigenvalue weighted by atomic mass is 10.1. The van der Waals surface area contributed by atoms with Crippen LogP contribution in [0.15, 0.2) is 10.7 Å². The Balaban J connectivity index is 3.30. The van der Waals surface area contributed by atoms with E-state index in [-0.39, 0.29) is 0 Å². The number of rotatable bonds is 1. The molecule has 1 rings (SSSR count). The topological polar surface area (TPSA) is 36.7 Å². The van der Waals surface area contributed by atoms with Crippen molar-refractivity contribution >= 4 is 15.9 Å². The molecular formula is C9H9BrN2. The van der Waals surface area contributed by atoms with Crippen molar-refractivity contribution in [1.82, 2.24) is 4.98 Å². The van der Waals surface area contributed by atoms with Gasteiger partial charge in [0.1, 0.15) is 10.7 Å². The van der Waals surface area contributed by atoms with Gasteiger partial charge in [0.25, 0.3) is 0 Å². The van der Waals surface area contributed by atoms with Gasteiger partial charge in [-0.3, -0.25) is 0 Å². The van der Waals surface area contributed by atoms with Crippen LogP contribution in [-0.2, 0) is 6.42 Å². The van der Waals surface area contributed by atoms with Crippen molar-refractivity contribution in [2.75, 3.05) is 0 Å². The highest BCUT2D eigenvalue weighted by Gasteiger charge is 2.04. The summed E-state index contributed by atoms with van der Waals surface area (Å²) in [6, 6.07) is 3.97. The number of aryl methyl sites for hydroxylation is 2. The van der Waals surface area contributed by atoms with Crippen LogP contribution in [0.25, 0.3) is 0 Å². The zero-order valence-corrected chi connectivity index (χ0v) is 8.64. The average Bonchev–Trinajstić information content (AvgIpc) is 2.05. The molecule has 0 bridgehead atoms. The molecule has 0 spiro atoms. The van der Waals surface area contributed by atoms with Crippen molar-refractivity contribution < 1.29 is 0 Å². The first-order valence-electron chi connectivity index (χ1n) is 3.75. The summed E-state index contributed by atoms with van der Waals surface area (Å²) in [4.78, 5) is 4.21. The van der Waals surface area contributed by atoms with Gasteiger partial charge < -0.3 is 0 Å². The Bertz CT molecular complexity index is 339. The maximum absolute atomic E-state index is 8.71. The number of nitriles is 1. The van der Waals surface area contributed by atoms with Gasteiger partial charge in [0.15, 0.2) is 0 Å². The molecule has 0 amide bonds. The number of hydrogen-bond donors (Lipinski definition) is 0. The molecule has 12 heavy (non-hydrogen) atoms. The lowest BCUT2D eigenvalue weighted by Crippen LogP contribution is -1.94. The summed E-state index contributed by atoms with van der Waals surface area (Å²) in [7, 11) is 0. The summed E-state index contributed by atoms with van der Waals surface area (Å²) < 4.78 is 0.639. The molecule has 2 nitrogen and oxygen atoms in total. The Morgan fingerprint density at radius 3 is 2.83 bits per heavy atom. The van der Waals surface area contributed by atoms with Crippen molar-refractivity contribution in [2.45, 2.75) is 20.3 Å². The van der Waals surface area contributed by atoms with Crippen molar-refractivity contribution in [2.24, 2.45) is 0 Å². The monoisotopic (exact) mass is 224 g/mol. The summed E-state index contributed by atoms with van der Waals surface area (Å²) in [5.74, 6) is 0. The Morgan fingerprint density at radius 1 is 1.67 bits per heavy atom. The Kier molecular flexibility index (Phi) is 2.83. The van der Waals surface area contributed by atoms with E-state index in [4.69, 9.17) is 5.26 Å². The minimum absolute atomic E-state index is 0.609. The lowest BCUT2D eigenvalue weighted by molar-refractivity contribution is 1.03. The van der Waals surface area contributed by atoms with Crippen LogP contribution in [0.2, 0.25) is 0 Å². The fraction of sp³-hybridized carbons (Fsp3) is 0.333.